The van der Waals surface area contributed by atoms with Crippen molar-refractivity contribution in [3.63, 3.8) is 0 Å². The molecule has 3 rings (SSSR count). The Morgan fingerprint density at radius 2 is 2.19 bits per heavy atom. The SMILES string of the molecule is COc1cccc(C(=O)NCC23CCCC(F)(CC(CCF)C2)C3)c1Cl. The predicted octanol–water partition coefficient (Wildman–Crippen LogP) is 5.12. The lowest BCUT2D eigenvalue weighted by Gasteiger charge is -2.51. The first-order valence-electron chi connectivity index (χ1n) is 9.26. The number of halogens is 3. The van der Waals surface area contributed by atoms with Crippen LogP contribution in [0.3, 0.4) is 0 Å². The smallest absolute Gasteiger partial charge is 0.252 e. The summed E-state index contributed by atoms with van der Waals surface area (Å²) in [5.41, 5.74) is -1.15. The number of nitrogens with one attached hydrogen (secondary N) is 1. The summed E-state index contributed by atoms with van der Waals surface area (Å²) in [6, 6.07) is 5.05. The zero-order valence-corrected chi connectivity index (χ0v) is 15.9. The van der Waals surface area contributed by atoms with E-state index >= 15 is 4.39 Å². The van der Waals surface area contributed by atoms with Gasteiger partial charge < -0.3 is 10.1 Å². The third-order valence-electron chi connectivity index (χ3n) is 5.97. The first-order valence-corrected chi connectivity index (χ1v) is 9.64. The minimum Gasteiger partial charge on any atom is -0.495 e. The van der Waals surface area contributed by atoms with Crippen LogP contribution in [0, 0.1) is 11.3 Å². The number of ether oxygens (including phenoxy) is 1. The summed E-state index contributed by atoms with van der Waals surface area (Å²) in [5.74, 6) is 0.209. The summed E-state index contributed by atoms with van der Waals surface area (Å²) in [5, 5.41) is 3.22. The van der Waals surface area contributed by atoms with Crippen LogP contribution < -0.4 is 10.1 Å². The summed E-state index contributed by atoms with van der Waals surface area (Å²) in [6.07, 6.45) is 4.32. The lowest BCUT2D eigenvalue weighted by molar-refractivity contribution is -0.0541. The largest absolute Gasteiger partial charge is 0.495 e. The van der Waals surface area contributed by atoms with Crippen LogP contribution in [-0.4, -0.2) is 31.9 Å². The molecule has 0 aliphatic heterocycles. The van der Waals surface area contributed by atoms with E-state index in [1.165, 1.54) is 7.11 Å². The van der Waals surface area contributed by atoms with E-state index in [1.807, 2.05) is 0 Å². The zero-order valence-electron chi connectivity index (χ0n) is 15.1. The van der Waals surface area contributed by atoms with Crippen LogP contribution in [0.15, 0.2) is 18.2 Å². The number of rotatable bonds is 6. The van der Waals surface area contributed by atoms with Crippen molar-refractivity contribution in [2.45, 2.75) is 50.6 Å². The monoisotopic (exact) mass is 385 g/mol. The fourth-order valence-corrected chi connectivity index (χ4v) is 5.26. The normalized spacial score (nSPS) is 30.7. The molecule has 26 heavy (non-hydrogen) atoms. The molecule has 2 aliphatic carbocycles. The maximum absolute atomic E-state index is 15.2. The van der Waals surface area contributed by atoms with Gasteiger partial charge in [0.1, 0.15) is 11.4 Å². The fraction of sp³-hybridized carbons (Fsp3) is 0.650. The average Bonchev–Trinajstić information content (AvgIpc) is 2.59. The highest BCUT2D eigenvalue weighted by Gasteiger charge is 2.51. The summed E-state index contributed by atoms with van der Waals surface area (Å²) in [4.78, 5) is 12.6. The predicted molar refractivity (Wildman–Crippen MR) is 98.4 cm³/mol. The molecule has 0 saturated heterocycles. The molecule has 1 N–H and O–H groups in total. The summed E-state index contributed by atoms with van der Waals surface area (Å²) < 4.78 is 33.1. The first-order chi connectivity index (χ1) is 12.4. The quantitative estimate of drug-likeness (QED) is 0.738. The Kier molecular flexibility index (Phi) is 5.75. The van der Waals surface area contributed by atoms with Crippen molar-refractivity contribution in [1.82, 2.24) is 5.32 Å². The molecule has 2 fully saturated rings. The molecule has 0 heterocycles. The van der Waals surface area contributed by atoms with Crippen molar-refractivity contribution >= 4 is 17.5 Å². The number of amides is 1. The lowest BCUT2D eigenvalue weighted by Crippen LogP contribution is -2.51. The van der Waals surface area contributed by atoms with Crippen molar-refractivity contribution in [1.29, 1.82) is 0 Å². The van der Waals surface area contributed by atoms with Crippen molar-refractivity contribution in [3.8, 4) is 5.75 Å². The van der Waals surface area contributed by atoms with E-state index in [9.17, 15) is 9.18 Å². The van der Waals surface area contributed by atoms with Gasteiger partial charge in [0, 0.05) is 6.54 Å². The number of hydrogen-bond donors (Lipinski definition) is 1. The van der Waals surface area contributed by atoms with Gasteiger partial charge in [0.2, 0.25) is 0 Å². The van der Waals surface area contributed by atoms with Crippen molar-refractivity contribution in [2.24, 2.45) is 11.3 Å². The van der Waals surface area contributed by atoms with Gasteiger partial charge in [-0.3, -0.25) is 9.18 Å². The molecule has 3 nitrogen and oxygen atoms in total. The summed E-state index contributed by atoms with van der Waals surface area (Å²) in [6.45, 7) is -0.0174. The van der Waals surface area contributed by atoms with E-state index in [2.05, 4.69) is 5.32 Å². The van der Waals surface area contributed by atoms with Crippen molar-refractivity contribution in [3.05, 3.63) is 28.8 Å². The molecular weight excluding hydrogens is 360 g/mol. The van der Waals surface area contributed by atoms with Gasteiger partial charge >= 0.3 is 0 Å². The van der Waals surface area contributed by atoms with Crippen LogP contribution in [-0.2, 0) is 0 Å². The van der Waals surface area contributed by atoms with Crippen molar-refractivity contribution in [2.75, 3.05) is 20.3 Å². The van der Waals surface area contributed by atoms with E-state index in [0.29, 0.717) is 43.5 Å². The molecule has 2 bridgehead atoms. The van der Waals surface area contributed by atoms with E-state index in [4.69, 9.17) is 16.3 Å². The van der Waals surface area contributed by atoms with Crippen LogP contribution in [0.1, 0.15) is 55.3 Å². The Bertz CT molecular complexity index is 671. The lowest BCUT2D eigenvalue weighted by atomic mass is 9.57. The van der Waals surface area contributed by atoms with Gasteiger partial charge in [0.15, 0.2) is 0 Å². The Hall–Kier alpha value is -1.36. The van der Waals surface area contributed by atoms with Crippen LogP contribution in [0.4, 0.5) is 8.78 Å². The minimum absolute atomic E-state index is 0.0522. The Morgan fingerprint density at radius 3 is 2.92 bits per heavy atom. The number of alkyl halides is 2. The molecule has 6 heteroatoms. The molecule has 3 atom stereocenters. The number of fused-ring (bicyclic) bond motifs is 2. The molecule has 0 radical (unpaired) electrons. The highest BCUT2D eigenvalue weighted by atomic mass is 35.5. The van der Waals surface area contributed by atoms with Gasteiger partial charge in [-0.05, 0) is 68.4 Å². The molecule has 144 valence electrons. The Balaban J connectivity index is 1.72. The number of carbonyl (C=O) groups is 1. The van der Waals surface area contributed by atoms with Crippen LogP contribution in [0.2, 0.25) is 5.02 Å². The second-order valence-electron chi connectivity index (χ2n) is 7.94. The molecular formula is C20H26ClF2NO2. The van der Waals surface area contributed by atoms with E-state index < -0.39 is 12.3 Å². The summed E-state index contributed by atoms with van der Waals surface area (Å²) in [7, 11) is 1.50. The topological polar surface area (TPSA) is 38.3 Å². The van der Waals surface area contributed by atoms with E-state index in [-0.39, 0.29) is 22.3 Å². The highest BCUT2D eigenvalue weighted by molar-refractivity contribution is 6.35. The van der Waals surface area contributed by atoms with E-state index in [0.717, 1.165) is 19.3 Å². The summed E-state index contributed by atoms with van der Waals surface area (Å²) >= 11 is 6.23. The second kappa shape index (κ2) is 7.71. The van der Waals surface area contributed by atoms with Crippen LogP contribution >= 0.6 is 11.6 Å². The zero-order chi connectivity index (χ0) is 18.8. The third kappa shape index (κ3) is 3.98. The maximum Gasteiger partial charge on any atom is 0.252 e. The maximum atomic E-state index is 15.2. The first kappa shape index (κ1) is 19.4. The second-order valence-corrected chi connectivity index (χ2v) is 8.32. The molecule has 1 aromatic rings. The molecule has 0 spiro atoms. The van der Waals surface area contributed by atoms with E-state index in [1.54, 1.807) is 18.2 Å². The van der Waals surface area contributed by atoms with Gasteiger partial charge in [0.25, 0.3) is 5.91 Å². The van der Waals surface area contributed by atoms with Crippen molar-refractivity contribution < 1.29 is 18.3 Å². The van der Waals surface area contributed by atoms with Gasteiger partial charge in [-0.2, -0.15) is 0 Å². The van der Waals surface area contributed by atoms with Gasteiger partial charge in [-0.15, -0.1) is 0 Å². The number of hydrogen-bond acceptors (Lipinski definition) is 2. The molecule has 2 aliphatic rings. The number of benzene rings is 1. The number of carbonyl (C=O) groups excluding carboxylic acids is 1. The molecule has 3 unspecified atom stereocenters. The fourth-order valence-electron chi connectivity index (χ4n) is 4.97. The minimum atomic E-state index is -1.21. The standard InChI is InChI=1S/C20H26ClF2NO2/c1-26-16-5-2-4-15(17(16)21)18(25)24-13-19-7-3-8-20(23,12-19)11-14(10-19)6-9-22/h2,4-5,14H,3,6-13H2,1H3,(H,24,25). The van der Waals surface area contributed by atoms with Crippen LogP contribution in [0.25, 0.3) is 0 Å². The van der Waals surface area contributed by atoms with Gasteiger partial charge in [-0.1, -0.05) is 17.7 Å². The average molecular weight is 386 g/mol. The molecule has 1 aromatic carbocycles. The van der Waals surface area contributed by atoms with Crippen LogP contribution in [0.5, 0.6) is 5.75 Å². The van der Waals surface area contributed by atoms with Gasteiger partial charge in [0.05, 0.1) is 24.4 Å². The number of methoxy groups -OCH3 is 1. The molecule has 2 saturated carbocycles. The molecule has 0 aromatic heterocycles. The highest BCUT2D eigenvalue weighted by Crippen LogP contribution is 2.55. The Morgan fingerprint density at radius 1 is 1.38 bits per heavy atom. The Labute approximate surface area is 158 Å². The third-order valence-corrected chi connectivity index (χ3v) is 6.36. The van der Waals surface area contributed by atoms with Gasteiger partial charge in [-0.25, -0.2) is 4.39 Å². The molecule has 1 amide bonds.